The molecule has 0 saturated carbocycles. The lowest BCUT2D eigenvalue weighted by atomic mass is 10.1. The van der Waals surface area contributed by atoms with E-state index in [1.54, 1.807) is 12.1 Å². The number of hydrogen-bond donors (Lipinski definition) is 1. The third-order valence-corrected chi connectivity index (χ3v) is 3.55. The summed E-state index contributed by atoms with van der Waals surface area (Å²) in [6.45, 7) is 0. The largest absolute Gasteiger partial charge is 0.545 e. The molecular weight excluding hydrogens is 351 g/mol. The van der Waals surface area contributed by atoms with E-state index in [1.807, 2.05) is 0 Å². The minimum atomic E-state index is -1.30. The third kappa shape index (κ3) is 4.35. The van der Waals surface area contributed by atoms with Crippen LogP contribution in [0.4, 0.5) is 5.69 Å². The van der Waals surface area contributed by atoms with Crippen LogP contribution in [0.15, 0.2) is 48.0 Å². The maximum Gasteiger partial charge on any atom is 0.266 e. The Morgan fingerprint density at radius 2 is 1.79 bits per heavy atom. The number of nitrogens with one attached hydrogen (secondary N) is 1. The van der Waals surface area contributed by atoms with Crippen LogP contribution in [0.5, 0.6) is 0 Å². The van der Waals surface area contributed by atoms with Gasteiger partial charge in [-0.25, -0.2) is 0 Å². The Balaban J connectivity index is 2.22. The van der Waals surface area contributed by atoms with Crippen LogP contribution in [0.3, 0.4) is 0 Å². The number of hydrogen-bond acceptors (Lipinski definition) is 4. The van der Waals surface area contributed by atoms with E-state index >= 15 is 0 Å². The Labute approximate surface area is 147 Å². The van der Waals surface area contributed by atoms with E-state index in [0.717, 1.165) is 0 Å². The van der Waals surface area contributed by atoms with Gasteiger partial charge in [0.15, 0.2) is 0 Å². The average Bonchev–Trinajstić information content (AvgIpc) is 2.55. The van der Waals surface area contributed by atoms with Gasteiger partial charge in [-0.1, -0.05) is 47.5 Å². The zero-order valence-electron chi connectivity index (χ0n) is 12.0. The van der Waals surface area contributed by atoms with E-state index in [0.29, 0.717) is 16.3 Å². The van der Waals surface area contributed by atoms with E-state index in [1.165, 1.54) is 42.5 Å². The smallest absolute Gasteiger partial charge is 0.266 e. The lowest BCUT2D eigenvalue weighted by Crippen LogP contribution is -2.21. The second-order valence-electron chi connectivity index (χ2n) is 4.66. The Morgan fingerprint density at radius 1 is 1.12 bits per heavy atom. The Morgan fingerprint density at radius 3 is 2.33 bits per heavy atom. The zero-order valence-corrected chi connectivity index (χ0v) is 13.6. The number of benzene rings is 2. The van der Waals surface area contributed by atoms with Crippen LogP contribution >= 0.6 is 23.2 Å². The molecular formula is C17H9Cl2N2O3-. The molecule has 120 valence electrons. The Bertz CT molecular complexity index is 868. The molecule has 1 amide bonds. The minimum Gasteiger partial charge on any atom is -0.545 e. The van der Waals surface area contributed by atoms with Crippen LogP contribution in [0.25, 0.3) is 6.08 Å². The first kappa shape index (κ1) is 17.5. The average molecular weight is 360 g/mol. The topological polar surface area (TPSA) is 93.0 Å². The van der Waals surface area contributed by atoms with Crippen molar-refractivity contribution in [2.24, 2.45) is 0 Å². The highest BCUT2D eigenvalue weighted by molar-refractivity contribution is 6.36. The van der Waals surface area contributed by atoms with Gasteiger partial charge < -0.3 is 15.2 Å². The van der Waals surface area contributed by atoms with Gasteiger partial charge in [0, 0.05) is 5.02 Å². The number of carbonyl (C=O) groups excluding carboxylic acids is 2. The molecule has 7 heteroatoms. The number of nitriles is 1. The molecule has 0 atom stereocenters. The molecule has 0 spiro atoms. The number of halogens is 2. The van der Waals surface area contributed by atoms with Gasteiger partial charge in [0.2, 0.25) is 0 Å². The summed E-state index contributed by atoms with van der Waals surface area (Å²) in [5, 5.41) is 23.0. The molecule has 0 aliphatic carbocycles. The zero-order chi connectivity index (χ0) is 17.7. The number of amides is 1. The van der Waals surface area contributed by atoms with Gasteiger partial charge in [-0.3, -0.25) is 4.79 Å². The highest BCUT2D eigenvalue weighted by atomic mass is 35.5. The quantitative estimate of drug-likeness (QED) is 0.670. The minimum absolute atomic E-state index is 0.00283. The van der Waals surface area contributed by atoms with Crippen molar-refractivity contribution in [2.75, 3.05) is 5.32 Å². The number of anilines is 1. The number of aromatic carboxylic acids is 1. The first-order chi connectivity index (χ1) is 11.4. The van der Waals surface area contributed by atoms with Crippen molar-refractivity contribution < 1.29 is 14.7 Å². The molecule has 0 saturated heterocycles. The molecule has 0 aromatic heterocycles. The van der Waals surface area contributed by atoms with E-state index < -0.39 is 11.9 Å². The summed E-state index contributed by atoms with van der Waals surface area (Å²) in [4.78, 5) is 22.9. The second kappa shape index (κ2) is 7.64. The van der Waals surface area contributed by atoms with E-state index in [2.05, 4.69) is 5.32 Å². The maximum atomic E-state index is 12.2. The normalized spacial score (nSPS) is 10.8. The van der Waals surface area contributed by atoms with Crippen LogP contribution in [0, 0.1) is 11.3 Å². The molecule has 1 N–H and O–H groups in total. The number of carboxylic acids is 1. The van der Waals surface area contributed by atoms with Gasteiger partial charge in [0.25, 0.3) is 5.91 Å². The number of rotatable bonds is 4. The summed E-state index contributed by atoms with van der Waals surface area (Å²) in [5.74, 6) is -1.95. The predicted octanol–water partition coefficient (Wildman–Crippen LogP) is 2.90. The number of nitrogens with zero attached hydrogens (tertiary/aromatic N) is 1. The van der Waals surface area contributed by atoms with Crippen molar-refractivity contribution in [1.82, 2.24) is 0 Å². The van der Waals surface area contributed by atoms with Gasteiger partial charge >= 0.3 is 0 Å². The molecule has 0 radical (unpaired) electrons. The van der Waals surface area contributed by atoms with Crippen molar-refractivity contribution in [2.45, 2.75) is 0 Å². The van der Waals surface area contributed by atoms with Gasteiger partial charge in [-0.05, 0) is 35.4 Å². The molecule has 5 nitrogen and oxygen atoms in total. The first-order valence-corrected chi connectivity index (χ1v) is 7.36. The monoisotopic (exact) mass is 359 g/mol. The fourth-order valence-electron chi connectivity index (χ4n) is 1.81. The van der Waals surface area contributed by atoms with Gasteiger partial charge in [0.1, 0.15) is 11.6 Å². The summed E-state index contributed by atoms with van der Waals surface area (Å²) >= 11 is 11.7. The van der Waals surface area contributed by atoms with Crippen molar-refractivity contribution in [3.05, 3.63) is 69.2 Å². The number of carboxylic acid groups (broad SMARTS) is 1. The SMILES string of the molecule is N#C/C(=C\c1ccc(C(=O)[O-])cc1)C(=O)Nc1ccc(Cl)cc1Cl. The second-order valence-corrected chi connectivity index (χ2v) is 5.50. The third-order valence-electron chi connectivity index (χ3n) is 3.00. The molecule has 0 fully saturated rings. The van der Waals surface area contributed by atoms with Crippen molar-refractivity contribution >= 4 is 46.8 Å². The molecule has 0 bridgehead atoms. The van der Waals surface area contributed by atoms with Crippen molar-refractivity contribution in [3.63, 3.8) is 0 Å². The summed E-state index contributed by atoms with van der Waals surface area (Å²) in [7, 11) is 0. The molecule has 0 aliphatic heterocycles. The molecule has 0 aliphatic rings. The molecule has 0 unspecified atom stereocenters. The van der Waals surface area contributed by atoms with Crippen LogP contribution < -0.4 is 10.4 Å². The summed E-state index contributed by atoms with van der Waals surface area (Å²) < 4.78 is 0. The van der Waals surface area contributed by atoms with Gasteiger partial charge in [-0.2, -0.15) is 5.26 Å². The predicted molar refractivity (Wildman–Crippen MR) is 89.5 cm³/mol. The Hall–Kier alpha value is -2.81. The van der Waals surface area contributed by atoms with Crippen LogP contribution in [0.1, 0.15) is 15.9 Å². The molecule has 2 aromatic rings. The summed E-state index contributed by atoms with van der Waals surface area (Å²) in [6.07, 6.45) is 1.33. The van der Waals surface area contributed by atoms with E-state index in [4.69, 9.17) is 28.5 Å². The van der Waals surface area contributed by atoms with Crippen molar-refractivity contribution in [1.29, 1.82) is 5.26 Å². The summed E-state index contributed by atoms with van der Waals surface area (Å²) in [6, 6.07) is 11.9. The summed E-state index contributed by atoms with van der Waals surface area (Å²) in [5.41, 5.74) is 0.652. The fraction of sp³-hybridized carbons (Fsp3) is 0. The molecule has 2 aromatic carbocycles. The molecule has 24 heavy (non-hydrogen) atoms. The number of carbonyl (C=O) groups is 2. The van der Waals surface area contributed by atoms with Crippen LogP contribution in [-0.4, -0.2) is 11.9 Å². The van der Waals surface area contributed by atoms with Crippen molar-refractivity contribution in [3.8, 4) is 6.07 Å². The van der Waals surface area contributed by atoms with Gasteiger partial charge in [-0.15, -0.1) is 0 Å². The van der Waals surface area contributed by atoms with Crippen LogP contribution in [-0.2, 0) is 4.79 Å². The fourth-order valence-corrected chi connectivity index (χ4v) is 2.27. The standard InChI is InChI=1S/C17H10Cl2N2O3/c18-13-5-6-15(14(19)8-13)21-16(22)12(9-20)7-10-1-3-11(4-2-10)17(23)24/h1-8H,(H,21,22)(H,23,24)/p-1/b12-7+. The maximum absolute atomic E-state index is 12.2. The Kier molecular flexibility index (Phi) is 5.59. The highest BCUT2D eigenvalue weighted by Gasteiger charge is 2.11. The van der Waals surface area contributed by atoms with Gasteiger partial charge in [0.05, 0.1) is 16.7 Å². The highest BCUT2D eigenvalue weighted by Crippen LogP contribution is 2.25. The van der Waals surface area contributed by atoms with E-state index in [-0.39, 0.29) is 16.2 Å². The lowest BCUT2D eigenvalue weighted by molar-refractivity contribution is -0.255. The first-order valence-electron chi connectivity index (χ1n) is 6.60. The lowest BCUT2D eigenvalue weighted by Gasteiger charge is -2.07. The van der Waals surface area contributed by atoms with Crippen LogP contribution in [0.2, 0.25) is 10.0 Å². The molecule has 0 heterocycles. The van der Waals surface area contributed by atoms with E-state index in [9.17, 15) is 14.7 Å². The molecule has 2 rings (SSSR count).